The van der Waals surface area contributed by atoms with Crippen molar-refractivity contribution < 1.29 is 27.1 Å². The van der Waals surface area contributed by atoms with E-state index in [0.29, 0.717) is 17.9 Å². The average Bonchev–Trinajstić information content (AvgIpc) is 2.93. The first-order valence-corrected chi connectivity index (χ1v) is 14.9. The minimum absolute atomic E-state index is 0.0179. The largest absolute Gasteiger partial charge is 0.495 e. The summed E-state index contributed by atoms with van der Waals surface area (Å²) >= 11 is 6.34. The van der Waals surface area contributed by atoms with Crippen LogP contribution in [-0.2, 0) is 26.2 Å². The van der Waals surface area contributed by atoms with Crippen LogP contribution in [0.2, 0.25) is 5.02 Å². The summed E-state index contributed by atoms with van der Waals surface area (Å²) in [6.45, 7) is 7.03. The first-order chi connectivity index (χ1) is 19.3. The van der Waals surface area contributed by atoms with Gasteiger partial charge in [-0.25, -0.2) is 12.8 Å². The van der Waals surface area contributed by atoms with Crippen molar-refractivity contribution in [3.63, 3.8) is 0 Å². The SMILES string of the molecule is COc1ccc(N(CC(=O)N(Cc2ccc(F)cc2)C(C)C(=O)NCC(C)C)S(=O)(=O)c2ccc(C)cc2)cc1Cl. The third-order valence-corrected chi connectivity index (χ3v) is 8.51. The monoisotopic (exact) mass is 603 g/mol. The zero-order chi connectivity index (χ0) is 30.3. The number of amides is 2. The van der Waals surface area contributed by atoms with E-state index >= 15 is 0 Å². The molecular formula is C30H35ClFN3O5S. The van der Waals surface area contributed by atoms with Crippen LogP contribution in [0, 0.1) is 18.7 Å². The van der Waals surface area contributed by atoms with Crippen LogP contribution in [0.3, 0.4) is 0 Å². The van der Waals surface area contributed by atoms with Crippen molar-refractivity contribution in [2.75, 3.05) is 24.5 Å². The van der Waals surface area contributed by atoms with E-state index in [9.17, 15) is 22.4 Å². The number of aryl methyl sites for hydroxylation is 1. The number of carbonyl (C=O) groups is 2. The van der Waals surface area contributed by atoms with E-state index in [1.165, 1.54) is 66.6 Å². The van der Waals surface area contributed by atoms with Gasteiger partial charge in [0.2, 0.25) is 11.8 Å². The molecule has 1 atom stereocenters. The Morgan fingerprint density at radius 3 is 2.20 bits per heavy atom. The number of nitrogens with zero attached hydrogens (tertiary/aromatic N) is 2. The van der Waals surface area contributed by atoms with Gasteiger partial charge in [0, 0.05) is 13.1 Å². The number of hydrogen-bond acceptors (Lipinski definition) is 5. The number of nitrogens with one attached hydrogen (secondary N) is 1. The molecule has 11 heteroatoms. The lowest BCUT2D eigenvalue weighted by Gasteiger charge is -2.32. The van der Waals surface area contributed by atoms with Crippen molar-refractivity contribution in [2.24, 2.45) is 5.92 Å². The minimum atomic E-state index is -4.25. The predicted octanol–water partition coefficient (Wildman–Crippen LogP) is 5.18. The van der Waals surface area contributed by atoms with Gasteiger partial charge in [-0.05, 0) is 67.8 Å². The van der Waals surface area contributed by atoms with Crippen LogP contribution >= 0.6 is 11.6 Å². The molecule has 220 valence electrons. The number of sulfonamides is 1. The van der Waals surface area contributed by atoms with Crippen molar-refractivity contribution in [3.8, 4) is 5.75 Å². The average molecular weight is 604 g/mol. The fraction of sp³-hybridized carbons (Fsp3) is 0.333. The van der Waals surface area contributed by atoms with Crippen molar-refractivity contribution in [1.82, 2.24) is 10.2 Å². The van der Waals surface area contributed by atoms with Gasteiger partial charge in [0.15, 0.2) is 0 Å². The Balaban J connectivity index is 2.04. The predicted molar refractivity (Wildman–Crippen MR) is 158 cm³/mol. The fourth-order valence-corrected chi connectivity index (χ4v) is 5.66. The van der Waals surface area contributed by atoms with Crippen LogP contribution < -0.4 is 14.4 Å². The summed E-state index contributed by atoms with van der Waals surface area (Å²) in [5.41, 5.74) is 1.58. The second-order valence-electron chi connectivity index (χ2n) is 10.1. The molecule has 0 aliphatic heterocycles. The molecule has 0 fully saturated rings. The fourth-order valence-electron chi connectivity index (χ4n) is 4.00. The van der Waals surface area contributed by atoms with E-state index in [1.807, 2.05) is 20.8 Å². The quantitative estimate of drug-likeness (QED) is 0.308. The van der Waals surface area contributed by atoms with E-state index in [4.69, 9.17) is 16.3 Å². The molecule has 41 heavy (non-hydrogen) atoms. The molecule has 1 unspecified atom stereocenters. The molecule has 0 radical (unpaired) electrons. The molecule has 0 saturated heterocycles. The highest BCUT2D eigenvalue weighted by atomic mass is 35.5. The van der Waals surface area contributed by atoms with Crippen LogP contribution in [0.4, 0.5) is 10.1 Å². The van der Waals surface area contributed by atoms with Crippen LogP contribution in [-0.4, -0.2) is 51.4 Å². The molecule has 1 N–H and O–H groups in total. The molecule has 0 bridgehead atoms. The topological polar surface area (TPSA) is 96.0 Å². The number of hydrogen-bond donors (Lipinski definition) is 1. The Kier molecular flexibility index (Phi) is 10.8. The van der Waals surface area contributed by atoms with Gasteiger partial charge in [-0.3, -0.25) is 13.9 Å². The third kappa shape index (κ3) is 8.20. The summed E-state index contributed by atoms with van der Waals surface area (Å²) < 4.78 is 47.5. The highest BCUT2D eigenvalue weighted by Crippen LogP contribution is 2.32. The van der Waals surface area contributed by atoms with E-state index in [-0.39, 0.29) is 28.1 Å². The maximum atomic E-state index is 13.9. The Hall–Kier alpha value is -3.63. The lowest BCUT2D eigenvalue weighted by molar-refractivity contribution is -0.139. The van der Waals surface area contributed by atoms with E-state index < -0.39 is 40.2 Å². The number of methoxy groups -OCH3 is 1. The first kappa shape index (κ1) is 31.9. The number of benzene rings is 3. The number of rotatable bonds is 12. The molecule has 0 aliphatic rings. The molecule has 0 aliphatic carbocycles. The second-order valence-corrected chi connectivity index (χ2v) is 12.4. The Bertz CT molecular complexity index is 1460. The Labute approximate surface area is 246 Å². The number of anilines is 1. The molecule has 0 heterocycles. The standard InChI is InChI=1S/C30H35ClFN3O5S/c1-20(2)17-33-30(37)22(4)34(18-23-8-10-24(32)11-9-23)29(36)19-35(25-12-15-28(40-5)27(31)16-25)41(38,39)26-13-6-21(3)7-14-26/h6-16,20,22H,17-19H2,1-5H3,(H,33,37). The lowest BCUT2D eigenvalue weighted by atomic mass is 10.1. The molecule has 0 saturated carbocycles. The summed E-state index contributed by atoms with van der Waals surface area (Å²) in [6.07, 6.45) is 0. The summed E-state index contributed by atoms with van der Waals surface area (Å²) in [7, 11) is -2.81. The number of halogens is 2. The Morgan fingerprint density at radius 2 is 1.63 bits per heavy atom. The summed E-state index contributed by atoms with van der Waals surface area (Å²) in [6, 6.07) is 15.3. The summed E-state index contributed by atoms with van der Waals surface area (Å²) in [5, 5.41) is 2.98. The van der Waals surface area contributed by atoms with Gasteiger partial charge in [0.25, 0.3) is 10.0 Å². The molecule has 3 aromatic carbocycles. The van der Waals surface area contributed by atoms with Crippen LogP contribution in [0.25, 0.3) is 0 Å². The van der Waals surface area contributed by atoms with Gasteiger partial charge in [0.1, 0.15) is 24.2 Å². The molecule has 0 spiro atoms. The zero-order valence-electron chi connectivity index (χ0n) is 23.7. The molecule has 0 aromatic heterocycles. The minimum Gasteiger partial charge on any atom is -0.495 e. The van der Waals surface area contributed by atoms with Crippen LogP contribution in [0.5, 0.6) is 5.75 Å². The van der Waals surface area contributed by atoms with Gasteiger partial charge < -0.3 is 15.0 Å². The molecule has 2 amide bonds. The maximum Gasteiger partial charge on any atom is 0.264 e. The van der Waals surface area contributed by atoms with Gasteiger partial charge in [-0.2, -0.15) is 0 Å². The van der Waals surface area contributed by atoms with Crippen molar-refractivity contribution >= 4 is 39.1 Å². The highest BCUT2D eigenvalue weighted by molar-refractivity contribution is 7.92. The first-order valence-electron chi connectivity index (χ1n) is 13.1. The van der Waals surface area contributed by atoms with E-state index in [0.717, 1.165) is 9.87 Å². The molecule has 3 rings (SSSR count). The lowest BCUT2D eigenvalue weighted by Crippen LogP contribution is -2.51. The number of carbonyl (C=O) groups excluding carboxylic acids is 2. The van der Waals surface area contributed by atoms with Crippen molar-refractivity contribution in [2.45, 2.75) is 45.2 Å². The van der Waals surface area contributed by atoms with Gasteiger partial charge >= 0.3 is 0 Å². The van der Waals surface area contributed by atoms with Crippen molar-refractivity contribution in [3.05, 3.63) is 88.7 Å². The zero-order valence-corrected chi connectivity index (χ0v) is 25.3. The van der Waals surface area contributed by atoms with Crippen molar-refractivity contribution in [1.29, 1.82) is 0 Å². The smallest absolute Gasteiger partial charge is 0.264 e. The molecule has 8 nitrogen and oxygen atoms in total. The van der Waals surface area contributed by atoms with E-state index in [1.54, 1.807) is 19.1 Å². The third-order valence-electron chi connectivity index (χ3n) is 6.43. The van der Waals surface area contributed by atoms with Crippen LogP contribution in [0.15, 0.2) is 71.6 Å². The number of ether oxygens (including phenoxy) is 1. The highest BCUT2D eigenvalue weighted by Gasteiger charge is 2.33. The Morgan fingerprint density at radius 1 is 1.00 bits per heavy atom. The molecular weight excluding hydrogens is 569 g/mol. The van der Waals surface area contributed by atoms with E-state index in [2.05, 4.69) is 5.32 Å². The normalized spacial score (nSPS) is 12.1. The second kappa shape index (κ2) is 13.8. The summed E-state index contributed by atoms with van der Waals surface area (Å²) in [5.74, 6) is -0.954. The van der Waals surface area contributed by atoms with Gasteiger partial charge in [-0.15, -0.1) is 0 Å². The maximum absolute atomic E-state index is 13.9. The molecule has 3 aromatic rings. The van der Waals surface area contributed by atoms with Gasteiger partial charge in [-0.1, -0.05) is 55.3 Å². The summed E-state index contributed by atoms with van der Waals surface area (Å²) in [4.78, 5) is 28.2. The van der Waals surface area contributed by atoms with Gasteiger partial charge in [0.05, 0.1) is 22.7 Å². The van der Waals surface area contributed by atoms with Crippen LogP contribution in [0.1, 0.15) is 31.9 Å².